The number of carbonyl (C=O) groups excluding carboxylic acids is 2. The predicted molar refractivity (Wildman–Crippen MR) is 133 cm³/mol. The van der Waals surface area contributed by atoms with E-state index < -0.39 is 10.8 Å². The molecule has 1 aliphatic carbocycles. The summed E-state index contributed by atoms with van der Waals surface area (Å²) in [5, 5.41) is 20.0. The van der Waals surface area contributed by atoms with Crippen molar-refractivity contribution >= 4 is 28.9 Å². The lowest BCUT2D eigenvalue weighted by molar-refractivity contribution is -0.384. The number of methoxy groups -OCH3 is 2. The molecule has 0 spiro atoms. The Labute approximate surface area is 204 Å². The molecule has 0 bridgehead atoms. The van der Waals surface area contributed by atoms with Crippen molar-refractivity contribution < 1.29 is 24.0 Å². The minimum absolute atomic E-state index is 0.0333. The zero-order chi connectivity index (χ0) is 25.5. The summed E-state index contributed by atoms with van der Waals surface area (Å²) >= 11 is 0. The van der Waals surface area contributed by atoms with Crippen LogP contribution in [0.3, 0.4) is 0 Å². The third kappa shape index (κ3) is 6.69. The number of nitrogens with one attached hydrogen (secondary N) is 3. The number of rotatable bonds is 9. The molecule has 35 heavy (non-hydrogen) atoms. The molecular formula is C25H32N4O6. The van der Waals surface area contributed by atoms with Gasteiger partial charge in [-0.1, -0.05) is 26.7 Å². The Morgan fingerprint density at radius 1 is 1.03 bits per heavy atom. The van der Waals surface area contributed by atoms with Crippen LogP contribution in [-0.2, 0) is 4.79 Å². The average molecular weight is 485 g/mol. The summed E-state index contributed by atoms with van der Waals surface area (Å²) in [4.78, 5) is 36.5. The highest BCUT2D eigenvalue weighted by atomic mass is 16.6. The highest BCUT2D eigenvalue weighted by Crippen LogP contribution is 2.30. The molecule has 3 N–H and O–H groups in total. The van der Waals surface area contributed by atoms with Gasteiger partial charge >= 0.3 is 0 Å². The first kappa shape index (κ1) is 26.0. The minimum atomic E-state index is -0.623. The molecule has 0 unspecified atom stereocenters. The summed E-state index contributed by atoms with van der Waals surface area (Å²) in [5.41, 5.74) is 0.255. The number of nitro benzene ring substituents is 1. The van der Waals surface area contributed by atoms with E-state index in [0.717, 1.165) is 18.9 Å². The molecule has 10 heteroatoms. The Hall–Kier alpha value is -3.66. The number of hydrogen-bond acceptors (Lipinski definition) is 7. The lowest BCUT2D eigenvalue weighted by atomic mass is 9.78. The summed E-state index contributed by atoms with van der Waals surface area (Å²) in [7, 11) is 2.97. The number of non-ortho nitro benzene ring substituents is 1. The van der Waals surface area contributed by atoms with Crippen LogP contribution in [-0.4, -0.2) is 43.5 Å². The van der Waals surface area contributed by atoms with E-state index >= 15 is 0 Å². The molecule has 3 atom stereocenters. The SMILES string of the molecule is COc1cc(NC(=O)c2cc([N+](=O)[O-])ccc2NC(=O)CN[C@@H]2CCC[C@H](C)[C@H]2C)cc(OC)c1. The predicted octanol–water partition coefficient (Wildman–Crippen LogP) is 4.22. The Balaban J connectivity index is 1.77. The van der Waals surface area contributed by atoms with Crippen molar-refractivity contribution in [2.75, 3.05) is 31.4 Å². The minimum Gasteiger partial charge on any atom is -0.497 e. The molecule has 2 aromatic carbocycles. The number of amides is 2. The maximum absolute atomic E-state index is 13.1. The highest BCUT2D eigenvalue weighted by molar-refractivity contribution is 6.10. The molecule has 10 nitrogen and oxygen atoms in total. The fourth-order valence-electron chi connectivity index (χ4n) is 4.31. The van der Waals surface area contributed by atoms with Crippen LogP contribution in [0.4, 0.5) is 17.1 Å². The number of nitro groups is 1. The van der Waals surface area contributed by atoms with Gasteiger partial charge in [-0.3, -0.25) is 19.7 Å². The van der Waals surface area contributed by atoms with E-state index in [1.54, 1.807) is 18.2 Å². The lowest BCUT2D eigenvalue weighted by Crippen LogP contribution is -2.43. The van der Waals surface area contributed by atoms with Gasteiger partial charge < -0.3 is 25.4 Å². The number of nitrogens with zero attached hydrogens (tertiary/aromatic N) is 1. The van der Waals surface area contributed by atoms with Crippen molar-refractivity contribution in [2.45, 2.75) is 39.2 Å². The van der Waals surface area contributed by atoms with Gasteiger partial charge in [-0.05, 0) is 24.3 Å². The molecule has 0 aliphatic heterocycles. The van der Waals surface area contributed by atoms with Gasteiger partial charge in [0.1, 0.15) is 11.5 Å². The van der Waals surface area contributed by atoms with E-state index in [-0.39, 0.29) is 35.4 Å². The second-order valence-corrected chi connectivity index (χ2v) is 8.85. The number of benzene rings is 2. The molecule has 0 heterocycles. The maximum atomic E-state index is 13.1. The molecule has 1 aliphatic rings. The summed E-state index contributed by atoms with van der Waals surface area (Å²) in [6.45, 7) is 4.48. The maximum Gasteiger partial charge on any atom is 0.270 e. The Morgan fingerprint density at radius 3 is 2.34 bits per heavy atom. The topological polar surface area (TPSA) is 132 Å². The molecule has 0 saturated heterocycles. The monoisotopic (exact) mass is 484 g/mol. The quantitative estimate of drug-likeness (QED) is 0.359. The number of ether oxygens (including phenoxy) is 2. The Morgan fingerprint density at radius 2 is 1.71 bits per heavy atom. The molecule has 3 rings (SSSR count). The van der Waals surface area contributed by atoms with Gasteiger partial charge in [-0.15, -0.1) is 0 Å². The van der Waals surface area contributed by atoms with Crippen LogP contribution >= 0.6 is 0 Å². The van der Waals surface area contributed by atoms with E-state index in [1.807, 2.05) is 0 Å². The third-order valence-electron chi connectivity index (χ3n) is 6.57. The van der Waals surface area contributed by atoms with Crippen LogP contribution in [0.1, 0.15) is 43.5 Å². The first-order valence-corrected chi connectivity index (χ1v) is 11.6. The van der Waals surface area contributed by atoms with E-state index in [4.69, 9.17) is 9.47 Å². The van der Waals surface area contributed by atoms with Crippen molar-refractivity contribution in [3.63, 3.8) is 0 Å². The largest absolute Gasteiger partial charge is 0.497 e. The van der Waals surface area contributed by atoms with Gasteiger partial charge in [0, 0.05) is 42.1 Å². The van der Waals surface area contributed by atoms with Crippen molar-refractivity contribution in [1.29, 1.82) is 0 Å². The highest BCUT2D eigenvalue weighted by Gasteiger charge is 2.27. The van der Waals surface area contributed by atoms with Crippen LogP contribution in [0.25, 0.3) is 0 Å². The van der Waals surface area contributed by atoms with Crippen LogP contribution < -0.4 is 25.4 Å². The standard InChI is InChI=1S/C25H32N4O6/c1-15-6-5-7-22(16(15)2)26-14-24(30)28-23-9-8-18(29(32)33)12-21(23)25(31)27-17-10-19(34-3)13-20(11-17)35-4/h8-13,15-16,22,26H,5-7,14H2,1-4H3,(H,27,31)(H,28,30)/t15-,16+,22+/m0/s1. The van der Waals surface area contributed by atoms with Gasteiger partial charge in [0.15, 0.2) is 0 Å². The Kier molecular flexibility index (Phi) is 8.64. The van der Waals surface area contributed by atoms with E-state index in [9.17, 15) is 19.7 Å². The second-order valence-electron chi connectivity index (χ2n) is 8.85. The molecule has 0 aromatic heterocycles. The summed E-state index contributed by atoms with van der Waals surface area (Å²) < 4.78 is 10.4. The molecule has 188 valence electrons. The molecule has 1 saturated carbocycles. The number of carbonyl (C=O) groups is 2. The summed E-state index contributed by atoms with van der Waals surface area (Å²) in [6.07, 6.45) is 3.31. The van der Waals surface area contributed by atoms with E-state index in [0.29, 0.717) is 29.0 Å². The first-order chi connectivity index (χ1) is 16.7. The van der Waals surface area contributed by atoms with Gasteiger partial charge in [0.05, 0.1) is 36.9 Å². The fourth-order valence-corrected chi connectivity index (χ4v) is 4.31. The zero-order valence-electron chi connectivity index (χ0n) is 20.4. The molecule has 0 radical (unpaired) electrons. The molecular weight excluding hydrogens is 452 g/mol. The van der Waals surface area contributed by atoms with Crippen molar-refractivity contribution in [2.24, 2.45) is 11.8 Å². The second kappa shape index (κ2) is 11.7. The van der Waals surface area contributed by atoms with Gasteiger partial charge in [0.2, 0.25) is 5.91 Å². The summed E-state index contributed by atoms with van der Waals surface area (Å²) in [5.74, 6) is 1.01. The van der Waals surface area contributed by atoms with Crippen LogP contribution in [0.2, 0.25) is 0 Å². The first-order valence-electron chi connectivity index (χ1n) is 11.6. The van der Waals surface area contributed by atoms with Gasteiger partial charge in [0.25, 0.3) is 11.6 Å². The van der Waals surface area contributed by atoms with E-state index in [1.165, 1.54) is 32.8 Å². The van der Waals surface area contributed by atoms with Crippen LogP contribution in [0.5, 0.6) is 11.5 Å². The van der Waals surface area contributed by atoms with Crippen molar-refractivity contribution in [3.05, 3.63) is 52.1 Å². The fraction of sp³-hybridized carbons (Fsp3) is 0.440. The van der Waals surface area contributed by atoms with Crippen LogP contribution in [0.15, 0.2) is 36.4 Å². The number of hydrogen-bond donors (Lipinski definition) is 3. The normalized spacial score (nSPS) is 19.5. The average Bonchev–Trinajstić information content (AvgIpc) is 2.84. The van der Waals surface area contributed by atoms with Crippen LogP contribution in [0, 0.1) is 22.0 Å². The van der Waals surface area contributed by atoms with Crippen molar-refractivity contribution in [3.8, 4) is 11.5 Å². The zero-order valence-corrected chi connectivity index (χ0v) is 20.4. The van der Waals surface area contributed by atoms with E-state index in [2.05, 4.69) is 29.8 Å². The third-order valence-corrected chi connectivity index (χ3v) is 6.57. The molecule has 2 aromatic rings. The van der Waals surface area contributed by atoms with Gasteiger partial charge in [-0.25, -0.2) is 0 Å². The van der Waals surface area contributed by atoms with Crippen molar-refractivity contribution in [1.82, 2.24) is 5.32 Å². The lowest BCUT2D eigenvalue weighted by Gasteiger charge is -2.34. The smallest absolute Gasteiger partial charge is 0.270 e. The molecule has 1 fully saturated rings. The number of anilines is 2. The Bertz CT molecular complexity index is 1070. The summed E-state index contributed by atoms with van der Waals surface area (Å²) in [6, 6.07) is 8.82. The van der Waals surface area contributed by atoms with Gasteiger partial charge in [-0.2, -0.15) is 0 Å². The molecule has 2 amide bonds.